The van der Waals surface area contributed by atoms with Gasteiger partial charge in [-0.05, 0) is 45.3 Å². The molecule has 0 aliphatic carbocycles. The molecular weight excluding hydrogens is 426 g/mol. The third-order valence-electron chi connectivity index (χ3n) is 4.23. The second kappa shape index (κ2) is 8.02. The summed E-state index contributed by atoms with van der Waals surface area (Å²) >= 11 is 7.32. The molecule has 0 atom stereocenters. The maximum absolute atomic E-state index is 14.7. The fourth-order valence-corrected chi connectivity index (χ4v) is 6.15. The number of nitrogens with zero attached hydrogens (tertiary/aromatic N) is 2. The van der Waals surface area contributed by atoms with Crippen molar-refractivity contribution in [3.63, 3.8) is 0 Å². The molecule has 28 heavy (non-hydrogen) atoms. The summed E-state index contributed by atoms with van der Waals surface area (Å²) < 4.78 is 56.1. The molecule has 0 saturated heterocycles. The van der Waals surface area contributed by atoms with Crippen molar-refractivity contribution in [3.05, 3.63) is 58.7 Å². The van der Waals surface area contributed by atoms with Gasteiger partial charge in [-0.1, -0.05) is 17.7 Å². The summed E-state index contributed by atoms with van der Waals surface area (Å²) in [6, 6.07) is 7.64. The Morgan fingerprint density at radius 2 is 1.89 bits per heavy atom. The molecule has 0 unspecified atom stereocenters. The number of hydrogen-bond acceptors (Lipinski definition) is 4. The molecule has 0 aliphatic rings. The average Bonchev–Trinajstić information content (AvgIpc) is 2.88. The van der Waals surface area contributed by atoms with Gasteiger partial charge in [-0.3, -0.25) is 0 Å². The summed E-state index contributed by atoms with van der Waals surface area (Å²) in [7, 11) is -0.296. The number of hydrogen-bond donors (Lipinski definition) is 0. The number of aromatic nitrogens is 1. The van der Waals surface area contributed by atoms with Gasteiger partial charge in [-0.2, -0.15) is 0 Å². The molecule has 150 valence electrons. The standard InChI is InChI=1S/C19H19ClF2N2O2S2/c1-12-19(27-8-7-23(2)3)16-10-14(21)11-17(22)18(16)24(12)28(25,26)15-6-4-5-13(20)9-15/h4-6,9-11H,7-8H2,1-3H3. The van der Waals surface area contributed by atoms with Gasteiger partial charge in [0.05, 0.1) is 4.90 Å². The van der Waals surface area contributed by atoms with Crippen LogP contribution in [-0.4, -0.2) is 43.7 Å². The van der Waals surface area contributed by atoms with Crippen molar-refractivity contribution in [2.24, 2.45) is 0 Å². The predicted molar refractivity (Wildman–Crippen MR) is 110 cm³/mol. The monoisotopic (exact) mass is 444 g/mol. The lowest BCUT2D eigenvalue weighted by molar-refractivity contribution is 0.437. The van der Waals surface area contributed by atoms with Crippen LogP contribution < -0.4 is 0 Å². The Hall–Kier alpha value is -1.61. The van der Waals surface area contributed by atoms with Crippen LogP contribution in [0, 0.1) is 18.6 Å². The van der Waals surface area contributed by atoms with Gasteiger partial charge >= 0.3 is 0 Å². The molecule has 3 rings (SSSR count). The lowest BCUT2D eigenvalue weighted by Crippen LogP contribution is -2.15. The van der Waals surface area contributed by atoms with E-state index in [1.54, 1.807) is 13.0 Å². The molecule has 0 amide bonds. The van der Waals surface area contributed by atoms with E-state index < -0.39 is 21.7 Å². The molecule has 1 heterocycles. The normalized spacial score (nSPS) is 12.2. The van der Waals surface area contributed by atoms with E-state index in [1.165, 1.54) is 36.0 Å². The van der Waals surface area contributed by atoms with Crippen LogP contribution in [0.3, 0.4) is 0 Å². The molecule has 9 heteroatoms. The van der Waals surface area contributed by atoms with Gasteiger partial charge in [0.15, 0.2) is 5.82 Å². The summed E-state index contributed by atoms with van der Waals surface area (Å²) in [6.45, 7) is 2.33. The quantitative estimate of drug-likeness (QED) is 0.513. The predicted octanol–water partition coefficient (Wildman–Crippen LogP) is 4.77. The van der Waals surface area contributed by atoms with Gasteiger partial charge in [-0.15, -0.1) is 11.8 Å². The number of thioether (sulfide) groups is 1. The van der Waals surface area contributed by atoms with Gasteiger partial charge in [0, 0.05) is 39.4 Å². The highest BCUT2D eigenvalue weighted by Gasteiger charge is 2.28. The van der Waals surface area contributed by atoms with Crippen molar-refractivity contribution < 1.29 is 17.2 Å². The first-order valence-electron chi connectivity index (χ1n) is 8.41. The van der Waals surface area contributed by atoms with Crippen LogP contribution in [0.4, 0.5) is 8.78 Å². The van der Waals surface area contributed by atoms with Crippen molar-refractivity contribution in [1.29, 1.82) is 0 Å². The molecule has 1 aromatic heterocycles. The van der Waals surface area contributed by atoms with E-state index in [9.17, 15) is 17.2 Å². The Labute approximate surface area is 172 Å². The molecular formula is C19H19ClF2N2O2S2. The molecule has 0 spiro atoms. The van der Waals surface area contributed by atoms with Crippen molar-refractivity contribution in [1.82, 2.24) is 8.87 Å². The largest absolute Gasteiger partial charge is 0.309 e. The van der Waals surface area contributed by atoms with Crippen molar-refractivity contribution in [3.8, 4) is 0 Å². The molecule has 3 aromatic rings. The number of fused-ring (bicyclic) bond motifs is 1. The summed E-state index contributed by atoms with van der Waals surface area (Å²) in [5.41, 5.74) is 0.175. The van der Waals surface area contributed by atoms with E-state index in [-0.39, 0.29) is 20.8 Å². The minimum absolute atomic E-state index is 0.0615. The van der Waals surface area contributed by atoms with E-state index >= 15 is 0 Å². The summed E-state index contributed by atoms with van der Waals surface area (Å²) in [5.74, 6) is -1.04. The highest BCUT2D eigenvalue weighted by atomic mass is 35.5. The topological polar surface area (TPSA) is 42.3 Å². The first-order chi connectivity index (χ1) is 13.1. The Morgan fingerprint density at radius 1 is 1.18 bits per heavy atom. The second-order valence-corrected chi connectivity index (χ2v) is 9.91. The van der Waals surface area contributed by atoms with Crippen LogP contribution in [0.25, 0.3) is 10.9 Å². The second-order valence-electron chi connectivity index (χ2n) is 6.58. The first-order valence-corrected chi connectivity index (χ1v) is 11.2. The van der Waals surface area contributed by atoms with Crippen LogP contribution in [0.2, 0.25) is 5.02 Å². The van der Waals surface area contributed by atoms with E-state index in [2.05, 4.69) is 0 Å². The lowest BCUT2D eigenvalue weighted by atomic mass is 10.2. The van der Waals surface area contributed by atoms with Crippen LogP contribution in [0.5, 0.6) is 0 Å². The molecule has 0 N–H and O–H groups in total. The van der Waals surface area contributed by atoms with E-state index in [0.717, 1.165) is 10.5 Å². The summed E-state index contributed by atoms with van der Waals surface area (Å²) in [4.78, 5) is 2.46. The minimum atomic E-state index is -4.13. The Balaban J connectivity index is 2.26. The van der Waals surface area contributed by atoms with Crippen molar-refractivity contribution in [2.75, 3.05) is 26.4 Å². The maximum Gasteiger partial charge on any atom is 0.268 e. The first kappa shape index (κ1) is 21.1. The summed E-state index contributed by atoms with van der Waals surface area (Å²) in [5, 5.41) is 0.492. The Morgan fingerprint density at radius 3 is 2.54 bits per heavy atom. The number of halogens is 3. The fourth-order valence-electron chi connectivity index (χ4n) is 2.95. The van der Waals surface area contributed by atoms with Crippen molar-refractivity contribution >= 4 is 44.3 Å². The molecule has 0 bridgehead atoms. The number of benzene rings is 2. The van der Waals surface area contributed by atoms with Crippen LogP contribution in [0.1, 0.15) is 5.69 Å². The van der Waals surface area contributed by atoms with E-state index in [4.69, 9.17) is 11.6 Å². The van der Waals surface area contributed by atoms with E-state index in [1.807, 2.05) is 19.0 Å². The lowest BCUT2D eigenvalue weighted by Gasteiger charge is -2.11. The van der Waals surface area contributed by atoms with Gasteiger partial charge in [0.2, 0.25) is 0 Å². The molecule has 2 aromatic carbocycles. The zero-order valence-corrected chi connectivity index (χ0v) is 17.9. The zero-order valence-electron chi connectivity index (χ0n) is 15.5. The van der Waals surface area contributed by atoms with Gasteiger partial charge < -0.3 is 4.90 Å². The van der Waals surface area contributed by atoms with Crippen LogP contribution in [0.15, 0.2) is 46.2 Å². The highest BCUT2D eigenvalue weighted by Crippen LogP contribution is 2.38. The Kier molecular flexibility index (Phi) is 6.05. The smallest absolute Gasteiger partial charge is 0.268 e. The van der Waals surface area contributed by atoms with Crippen LogP contribution in [-0.2, 0) is 10.0 Å². The Bertz CT molecular complexity index is 1140. The minimum Gasteiger partial charge on any atom is -0.309 e. The third-order valence-corrected chi connectivity index (χ3v) is 7.44. The highest BCUT2D eigenvalue weighted by molar-refractivity contribution is 7.99. The van der Waals surface area contributed by atoms with Crippen LogP contribution >= 0.6 is 23.4 Å². The molecule has 4 nitrogen and oxygen atoms in total. The SMILES string of the molecule is Cc1c(SCCN(C)C)c2cc(F)cc(F)c2n1S(=O)(=O)c1cccc(Cl)c1. The van der Waals surface area contributed by atoms with E-state index in [0.29, 0.717) is 22.4 Å². The maximum atomic E-state index is 14.7. The van der Waals surface area contributed by atoms with Gasteiger partial charge in [0.1, 0.15) is 11.3 Å². The third kappa shape index (κ3) is 3.91. The molecule has 0 fully saturated rings. The van der Waals surface area contributed by atoms with Crippen molar-refractivity contribution in [2.45, 2.75) is 16.7 Å². The van der Waals surface area contributed by atoms with Gasteiger partial charge in [-0.25, -0.2) is 21.2 Å². The summed E-state index contributed by atoms with van der Waals surface area (Å²) in [6.07, 6.45) is 0. The van der Waals surface area contributed by atoms with Gasteiger partial charge in [0.25, 0.3) is 10.0 Å². The average molecular weight is 445 g/mol. The zero-order chi connectivity index (χ0) is 20.6. The molecule has 0 radical (unpaired) electrons. The molecule has 0 aliphatic heterocycles. The fraction of sp³-hybridized carbons (Fsp3) is 0.263. The number of rotatable bonds is 6. The molecule has 0 saturated carbocycles.